The van der Waals surface area contributed by atoms with Crippen molar-refractivity contribution in [2.24, 2.45) is 3.21 Å². The Morgan fingerprint density at radius 1 is 0.895 bits per heavy atom. The predicted octanol–water partition coefficient (Wildman–Crippen LogP) is 2.74. The van der Waals surface area contributed by atoms with Crippen molar-refractivity contribution in [3.63, 3.8) is 0 Å². The molecule has 0 atom stereocenters. The van der Waals surface area contributed by atoms with E-state index in [1.807, 2.05) is 0 Å². The van der Waals surface area contributed by atoms with Gasteiger partial charge < -0.3 is 9.47 Å². The third kappa shape index (κ3) is 10.5. The number of nitrogens with one attached hydrogen (secondary N) is 2. The Kier molecular flexibility index (Phi) is 6.53. The molecule has 0 bridgehead atoms. The first kappa shape index (κ1) is 17.9. The van der Waals surface area contributed by atoms with E-state index in [1.54, 1.807) is 64.4 Å². The van der Waals surface area contributed by atoms with Crippen molar-refractivity contribution in [1.29, 1.82) is 0 Å². The van der Waals surface area contributed by atoms with E-state index < -0.39 is 23.4 Å². The molecule has 8 heteroatoms. The zero-order valence-electron chi connectivity index (χ0n) is 12.0. The molecule has 0 rings (SSSR count). The van der Waals surface area contributed by atoms with Gasteiger partial charge in [-0.2, -0.15) is 3.21 Å². The number of ether oxygens (including phenoxy) is 2. The van der Waals surface area contributed by atoms with Gasteiger partial charge in [0.25, 0.3) is 0 Å². The van der Waals surface area contributed by atoms with Crippen LogP contribution in [0.15, 0.2) is 3.21 Å². The summed E-state index contributed by atoms with van der Waals surface area (Å²) >= 11 is 1.64. The topological polar surface area (TPSA) is 89.0 Å². The maximum Gasteiger partial charge on any atom is 0.414 e. The summed E-state index contributed by atoms with van der Waals surface area (Å²) in [6.45, 7) is 10.4. The number of carbonyl (C=O) groups is 2. The highest BCUT2D eigenvalue weighted by Gasteiger charge is 2.20. The molecule has 0 aromatic rings. The molecule has 2 amide bonds. The Labute approximate surface area is 127 Å². The fourth-order valence-corrected chi connectivity index (χ4v) is 1.12. The van der Waals surface area contributed by atoms with E-state index in [0.717, 1.165) is 0 Å². The minimum absolute atomic E-state index is 0.0518. The van der Waals surface area contributed by atoms with Gasteiger partial charge in [0.1, 0.15) is 11.2 Å². The van der Waals surface area contributed by atoms with Crippen molar-refractivity contribution in [1.82, 2.24) is 10.6 Å². The molecule has 0 unspecified atom stereocenters. The smallest absolute Gasteiger partial charge is 0.414 e. The lowest BCUT2D eigenvalue weighted by molar-refractivity contribution is 0.0546. The van der Waals surface area contributed by atoms with Crippen LogP contribution in [0, 0.1) is 0 Å². The summed E-state index contributed by atoms with van der Waals surface area (Å²) in [6, 6.07) is 0. The summed E-state index contributed by atoms with van der Waals surface area (Å²) in [6.07, 6.45) is -1.42. The van der Waals surface area contributed by atoms with Gasteiger partial charge in [0.15, 0.2) is 0 Å². The zero-order chi connectivity index (χ0) is 15.3. The van der Waals surface area contributed by atoms with Crippen molar-refractivity contribution in [3.8, 4) is 0 Å². The summed E-state index contributed by atoms with van der Waals surface area (Å²) in [7, 11) is 0. The summed E-state index contributed by atoms with van der Waals surface area (Å²) in [5.74, 6) is -0.0518. The Morgan fingerprint density at radius 2 is 1.21 bits per heavy atom. The molecule has 0 spiro atoms. The van der Waals surface area contributed by atoms with Crippen LogP contribution in [0.25, 0.3) is 0 Å². The molecule has 0 heterocycles. The Hall–Kier alpha value is -1.06. The number of amides is 2. The Morgan fingerprint density at radius 3 is 1.42 bits per heavy atom. The number of carbonyl (C=O) groups excluding carboxylic acids is 2. The van der Waals surface area contributed by atoms with E-state index in [-0.39, 0.29) is 5.96 Å². The molecule has 2 N–H and O–H groups in total. The molecule has 0 saturated heterocycles. The summed E-state index contributed by atoms with van der Waals surface area (Å²) in [4.78, 5) is 23.0. The maximum atomic E-state index is 11.5. The largest absolute Gasteiger partial charge is 0.444 e. The number of halogens is 1. The van der Waals surface area contributed by atoms with Crippen LogP contribution in [0.2, 0.25) is 0 Å². The van der Waals surface area contributed by atoms with Gasteiger partial charge in [0.2, 0.25) is 5.96 Å². The van der Waals surface area contributed by atoms with Gasteiger partial charge in [-0.25, -0.2) is 9.59 Å². The van der Waals surface area contributed by atoms with Crippen molar-refractivity contribution in [3.05, 3.63) is 0 Å². The lowest BCUT2D eigenvalue weighted by Crippen LogP contribution is -2.46. The van der Waals surface area contributed by atoms with Crippen LogP contribution in [-0.2, 0) is 9.47 Å². The van der Waals surface area contributed by atoms with Crippen LogP contribution in [0.5, 0.6) is 0 Å². The van der Waals surface area contributed by atoms with Gasteiger partial charge in [0.05, 0.1) is 22.9 Å². The lowest BCUT2D eigenvalue weighted by Gasteiger charge is -2.21. The molecule has 0 aromatic carbocycles. The molecule has 0 aliphatic rings. The number of alkyl carbamates (subject to hydrolysis) is 2. The quantitative estimate of drug-likeness (QED) is 0.381. The number of rotatable bonds is 0. The van der Waals surface area contributed by atoms with Crippen LogP contribution in [0.3, 0.4) is 0 Å². The Balaban J connectivity index is 4.39. The van der Waals surface area contributed by atoms with Gasteiger partial charge in [-0.3, -0.25) is 10.6 Å². The lowest BCUT2D eigenvalue weighted by atomic mass is 10.2. The number of hydrogen-bond acceptors (Lipinski definition) is 5. The van der Waals surface area contributed by atoms with Gasteiger partial charge in [-0.05, 0) is 41.5 Å². The molecule has 0 aliphatic heterocycles. The summed E-state index contributed by atoms with van der Waals surface area (Å²) < 4.78 is 13.7. The highest BCUT2D eigenvalue weighted by molar-refractivity contribution is 14.1. The SMILES string of the molecule is CC(C)(C)OC(=O)NC(=NI)NC(=O)OC(C)(C)C. The Bertz CT molecular complexity index is 337. The molecule has 0 aromatic heterocycles. The van der Waals surface area contributed by atoms with Crippen LogP contribution >= 0.6 is 22.9 Å². The third-order valence-electron chi connectivity index (χ3n) is 1.32. The minimum atomic E-state index is -0.709. The number of guanidine groups is 1. The second kappa shape index (κ2) is 6.92. The van der Waals surface area contributed by atoms with Crippen LogP contribution in [0.1, 0.15) is 41.5 Å². The third-order valence-corrected chi connectivity index (χ3v) is 1.81. The highest BCUT2D eigenvalue weighted by Crippen LogP contribution is 2.07. The molecule has 0 saturated carbocycles. The van der Waals surface area contributed by atoms with E-state index in [1.165, 1.54) is 0 Å². The van der Waals surface area contributed by atoms with E-state index in [9.17, 15) is 9.59 Å². The summed E-state index contributed by atoms with van der Waals surface area (Å²) in [5, 5.41) is 4.62. The van der Waals surface area contributed by atoms with Crippen LogP contribution in [0.4, 0.5) is 9.59 Å². The summed E-state index contributed by atoms with van der Waals surface area (Å²) in [5.41, 5.74) is -1.27. The molecular weight excluding hydrogens is 365 g/mol. The molecule has 7 nitrogen and oxygen atoms in total. The normalized spacial score (nSPS) is 11.3. The van der Waals surface area contributed by atoms with Gasteiger partial charge >= 0.3 is 12.2 Å². The monoisotopic (exact) mass is 385 g/mol. The van der Waals surface area contributed by atoms with E-state index in [0.29, 0.717) is 0 Å². The van der Waals surface area contributed by atoms with Crippen LogP contribution in [-0.4, -0.2) is 29.3 Å². The van der Waals surface area contributed by atoms with Crippen molar-refractivity contribution in [2.75, 3.05) is 0 Å². The van der Waals surface area contributed by atoms with Gasteiger partial charge in [0, 0.05) is 0 Å². The molecule has 0 radical (unpaired) electrons. The second-order valence-corrected chi connectivity index (χ2v) is 6.17. The average Bonchev–Trinajstić information content (AvgIpc) is 2.10. The first-order chi connectivity index (χ1) is 8.43. The highest BCUT2D eigenvalue weighted by atomic mass is 127. The first-order valence-electron chi connectivity index (χ1n) is 5.62. The standard InChI is InChI=1S/C11H20IN3O4/c1-10(2,3)18-8(16)13-7(15-12)14-9(17)19-11(4,5)6/h1-6H3,(H2,13,14,15,16,17). The zero-order valence-corrected chi connectivity index (χ0v) is 14.1. The molecule has 110 valence electrons. The van der Waals surface area contributed by atoms with Gasteiger partial charge in [-0.1, -0.05) is 0 Å². The van der Waals surface area contributed by atoms with Crippen molar-refractivity contribution >= 4 is 41.0 Å². The fourth-order valence-electron chi connectivity index (χ4n) is 0.874. The molecule has 19 heavy (non-hydrogen) atoms. The van der Waals surface area contributed by atoms with E-state index in [4.69, 9.17) is 9.47 Å². The first-order valence-corrected chi connectivity index (χ1v) is 6.58. The average molecular weight is 385 g/mol. The minimum Gasteiger partial charge on any atom is -0.444 e. The van der Waals surface area contributed by atoms with Crippen LogP contribution < -0.4 is 10.6 Å². The van der Waals surface area contributed by atoms with Crippen molar-refractivity contribution in [2.45, 2.75) is 52.7 Å². The predicted molar refractivity (Wildman–Crippen MR) is 80.2 cm³/mol. The molecule has 0 fully saturated rings. The fraction of sp³-hybridized carbons (Fsp3) is 0.727. The molecule has 0 aliphatic carbocycles. The molecular formula is C11H20IN3O4. The van der Waals surface area contributed by atoms with Crippen molar-refractivity contribution < 1.29 is 19.1 Å². The number of nitrogens with zero attached hydrogens (tertiary/aromatic N) is 1. The van der Waals surface area contributed by atoms with Gasteiger partial charge in [-0.15, -0.1) is 0 Å². The second-order valence-electron chi connectivity index (χ2n) is 5.69. The van der Waals surface area contributed by atoms with E-state index >= 15 is 0 Å². The van der Waals surface area contributed by atoms with E-state index in [2.05, 4.69) is 13.8 Å². The number of hydrogen-bond donors (Lipinski definition) is 2. The maximum absolute atomic E-state index is 11.5.